The van der Waals surface area contributed by atoms with E-state index in [1.807, 2.05) is 18.2 Å². The van der Waals surface area contributed by atoms with Crippen LogP contribution in [0.3, 0.4) is 0 Å². The van der Waals surface area contributed by atoms with Crippen molar-refractivity contribution < 1.29 is 18.0 Å². The van der Waals surface area contributed by atoms with Crippen molar-refractivity contribution in [3.8, 4) is 5.69 Å². The minimum atomic E-state index is -4.35. The van der Waals surface area contributed by atoms with E-state index in [1.54, 1.807) is 22.9 Å². The first-order chi connectivity index (χ1) is 12.4. The van der Waals surface area contributed by atoms with Crippen LogP contribution in [0, 0.1) is 0 Å². The summed E-state index contributed by atoms with van der Waals surface area (Å²) in [5.74, 6) is -0.231. The molecule has 0 spiro atoms. The van der Waals surface area contributed by atoms with E-state index in [9.17, 15) is 18.0 Å². The first kappa shape index (κ1) is 18.3. The Labute approximate surface area is 156 Å². The molecule has 0 aliphatic rings. The van der Waals surface area contributed by atoms with E-state index < -0.39 is 11.7 Å². The number of fused-ring (bicyclic) bond motifs is 1. The van der Waals surface area contributed by atoms with Crippen molar-refractivity contribution >= 4 is 38.4 Å². The van der Waals surface area contributed by atoms with Gasteiger partial charge >= 0.3 is 6.18 Å². The molecule has 26 heavy (non-hydrogen) atoms. The summed E-state index contributed by atoms with van der Waals surface area (Å²) in [7, 11) is 0. The summed E-state index contributed by atoms with van der Waals surface area (Å²) in [6, 6.07) is 12.2. The summed E-state index contributed by atoms with van der Waals surface area (Å²) >= 11 is 3.20. The predicted octanol–water partition coefficient (Wildman–Crippen LogP) is 5.54. The van der Waals surface area contributed by atoms with Crippen molar-refractivity contribution in [2.45, 2.75) is 6.18 Å². The number of hydrogen-bond acceptors (Lipinski definition) is 1. The summed E-state index contributed by atoms with van der Waals surface area (Å²) in [6.45, 7) is 0. The van der Waals surface area contributed by atoms with Crippen LogP contribution in [-0.4, -0.2) is 15.8 Å². The Kier molecular flexibility index (Phi) is 5.18. The Morgan fingerprint density at radius 3 is 2.50 bits per heavy atom. The molecule has 134 valence electrons. The summed E-state index contributed by atoms with van der Waals surface area (Å²) in [4.78, 5) is 11.7. The molecule has 3 aromatic rings. The molecule has 7 heteroatoms. The minimum Gasteiger partial charge on any atom is -0.322 e. The molecule has 3 nitrogen and oxygen atoms in total. The average molecular weight is 423 g/mol. The quantitative estimate of drug-likeness (QED) is 0.434. The summed E-state index contributed by atoms with van der Waals surface area (Å²) in [6.07, 6.45) is 0.554. The average Bonchev–Trinajstić information content (AvgIpc) is 3.02. The molecule has 1 aromatic heterocycles. The molecule has 0 radical (unpaired) electrons. The highest BCUT2D eigenvalue weighted by atomic mass is 79.9. The lowest BCUT2D eigenvalue weighted by Crippen LogP contribution is -2.07. The number of anilines is 1. The highest BCUT2D eigenvalue weighted by molar-refractivity contribution is 9.09. The third-order valence-corrected chi connectivity index (χ3v) is 4.16. The molecule has 0 bridgehead atoms. The number of benzene rings is 2. The Bertz CT molecular complexity index is 959. The number of allylic oxidation sites excluding steroid dienone is 1. The number of nitrogens with one attached hydrogen (secondary N) is 1. The predicted molar refractivity (Wildman–Crippen MR) is 99.8 cm³/mol. The van der Waals surface area contributed by atoms with E-state index in [0.29, 0.717) is 16.7 Å². The van der Waals surface area contributed by atoms with Crippen LogP contribution in [0.25, 0.3) is 16.6 Å². The van der Waals surface area contributed by atoms with Crippen molar-refractivity contribution in [3.05, 3.63) is 72.4 Å². The maximum absolute atomic E-state index is 12.7. The van der Waals surface area contributed by atoms with Crippen molar-refractivity contribution in [3.63, 3.8) is 0 Å². The van der Waals surface area contributed by atoms with Crippen molar-refractivity contribution in [2.75, 3.05) is 10.6 Å². The van der Waals surface area contributed by atoms with Crippen LogP contribution in [-0.2, 0) is 11.0 Å². The molecule has 0 unspecified atom stereocenters. The van der Waals surface area contributed by atoms with Crippen molar-refractivity contribution in [1.29, 1.82) is 0 Å². The third kappa shape index (κ3) is 3.99. The molecular weight excluding hydrogens is 409 g/mol. The molecule has 1 amide bonds. The number of carbonyl (C=O) groups is 1. The fourth-order valence-electron chi connectivity index (χ4n) is 2.59. The van der Waals surface area contributed by atoms with Crippen LogP contribution in [0.15, 0.2) is 66.9 Å². The highest BCUT2D eigenvalue weighted by Gasteiger charge is 2.30. The zero-order chi connectivity index (χ0) is 18.7. The van der Waals surface area contributed by atoms with Crippen LogP contribution >= 0.6 is 15.9 Å². The zero-order valence-corrected chi connectivity index (χ0v) is 15.0. The van der Waals surface area contributed by atoms with Gasteiger partial charge in [-0.05, 0) is 48.5 Å². The van der Waals surface area contributed by atoms with Gasteiger partial charge in [0.05, 0.1) is 11.1 Å². The summed E-state index contributed by atoms with van der Waals surface area (Å²) in [5.41, 5.74) is 1.43. The van der Waals surface area contributed by atoms with E-state index in [0.717, 1.165) is 23.0 Å². The first-order valence-corrected chi connectivity index (χ1v) is 8.83. The number of rotatable bonds is 4. The number of halogens is 4. The first-order valence-electron chi connectivity index (χ1n) is 7.71. The van der Waals surface area contributed by atoms with Crippen molar-refractivity contribution in [2.24, 2.45) is 0 Å². The molecule has 1 N–H and O–H groups in total. The standard InChI is InChI=1S/C19H14BrF3N2O/c20-10-1-2-18(26)24-15-5-8-17-13(12-15)9-11-25(17)16-6-3-14(4-7-16)19(21,22)23/h1-9,11-12H,10H2,(H,24,26)/b2-1+. The Hall–Kier alpha value is -2.54. The van der Waals surface area contributed by atoms with Crippen LogP contribution < -0.4 is 5.32 Å². The molecule has 0 fully saturated rings. The maximum atomic E-state index is 12.7. The summed E-state index contributed by atoms with van der Waals surface area (Å²) in [5, 5.41) is 4.22. The number of aromatic nitrogens is 1. The van der Waals surface area contributed by atoms with E-state index in [-0.39, 0.29) is 5.91 Å². The molecule has 1 heterocycles. The third-order valence-electron chi connectivity index (χ3n) is 3.79. The molecule has 2 aromatic carbocycles. The SMILES string of the molecule is O=C(/C=C/CBr)Nc1ccc2c(ccn2-c2ccc(C(F)(F)F)cc2)c1. The Balaban J connectivity index is 1.87. The van der Waals surface area contributed by atoms with Crippen LogP contribution in [0.4, 0.5) is 18.9 Å². The topological polar surface area (TPSA) is 34.0 Å². The fourth-order valence-corrected chi connectivity index (χ4v) is 2.78. The largest absolute Gasteiger partial charge is 0.416 e. The maximum Gasteiger partial charge on any atom is 0.416 e. The van der Waals surface area contributed by atoms with Crippen molar-refractivity contribution in [1.82, 2.24) is 4.57 Å². The van der Waals surface area contributed by atoms with Crippen LogP contribution in [0.2, 0.25) is 0 Å². The lowest BCUT2D eigenvalue weighted by Gasteiger charge is -2.10. The van der Waals surface area contributed by atoms with Crippen LogP contribution in [0.5, 0.6) is 0 Å². The molecule has 0 saturated carbocycles. The normalized spacial score (nSPS) is 12.0. The molecule has 0 aliphatic carbocycles. The van der Waals surface area contributed by atoms with E-state index in [1.165, 1.54) is 18.2 Å². The van der Waals surface area contributed by atoms with Gasteiger partial charge in [0.15, 0.2) is 0 Å². The van der Waals surface area contributed by atoms with Crippen LogP contribution in [0.1, 0.15) is 5.56 Å². The fraction of sp³-hybridized carbons (Fsp3) is 0.105. The van der Waals surface area contributed by atoms with Gasteiger partial charge < -0.3 is 9.88 Å². The molecule has 0 saturated heterocycles. The van der Waals surface area contributed by atoms with E-state index in [2.05, 4.69) is 21.2 Å². The number of amides is 1. The van der Waals surface area contributed by atoms with E-state index in [4.69, 9.17) is 0 Å². The highest BCUT2D eigenvalue weighted by Crippen LogP contribution is 2.30. The monoisotopic (exact) mass is 422 g/mol. The van der Waals surface area contributed by atoms with Gasteiger partial charge in [-0.2, -0.15) is 13.2 Å². The van der Waals surface area contributed by atoms with Gasteiger partial charge in [0.2, 0.25) is 5.91 Å². The Morgan fingerprint density at radius 2 is 1.85 bits per heavy atom. The minimum absolute atomic E-state index is 0.231. The van der Waals surface area contributed by atoms with E-state index >= 15 is 0 Å². The van der Waals surface area contributed by atoms with Gasteiger partial charge in [0.1, 0.15) is 0 Å². The summed E-state index contributed by atoms with van der Waals surface area (Å²) < 4.78 is 39.9. The molecule has 3 rings (SSSR count). The van der Waals surface area contributed by atoms with Gasteiger partial charge in [-0.15, -0.1) is 0 Å². The van der Waals surface area contributed by atoms with Gasteiger partial charge in [-0.25, -0.2) is 0 Å². The van der Waals surface area contributed by atoms with Gasteiger partial charge in [-0.3, -0.25) is 4.79 Å². The molecule has 0 aliphatic heterocycles. The van der Waals surface area contributed by atoms with Gasteiger partial charge in [-0.1, -0.05) is 22.0 Å². The van der Waals surface area contributed by atoms with Gasteiger partial charge in [0, 0.05) is 34.4 Å². The smallest absolute Gasteiger partial charge is 0.322 e. The molecule has 0 atom stereocenters. The molecular formula is C19H14BrF3N2O. The lowest BCUT2D eigenvalue weighted by atomic mass is 10.2. The zero-order valence-electron chi connectivity index (χ0n) is 13.4. The number of carbonyl (C=O) groups excluding carboxylic acids is 1. The second kappa shape index (κ2) is 7.37. The number of nitrogens with zero attached hydrogens (tertiary/aromatic N) is 1. The number of alkyl halides is 4. The second-order valence-electron chi connectivity index (χ2n) is 5.55. The number of hydrogen-bond donors (Lipinski definition) is 1. The van der Waals surface area contributed by atoms with Gasteiger partial charge in [0.25, 0.3) is 0 Å². The lowest BCUT2D eigenvalue weighted by molar-refractivity contribution is -0.137. The Morgan fingerprint density at radius 1 is 1.12 bits per heavy atom. The second-order valence-corrected chi connectivity index (χ2v) is 6.20.